The van der Waals surface area contributed by atoms with E-state index < -0.39 is 46.6 Å². The molecule has 3 heterocycles. The summed E-state index contributed by atoms with van der Waals surface area (Å²) in [5.74, 6) is -3.56. The van der Waals surface area contributed by atoms with Gasteiger partial charge in [0.15, 0.2) is 34.5 Å². The number of aliphatic hydroxyl groups excluding tert-OH is 1. The van der Waals surface area contributed by atoms with Crippen molar-refractivity contribution in [2.45, 2.75) is 43.4 Å². The normalized spacial score (nSPS) is 34.4. The Balaban J connectivity index is 2.53. The maximum atomic E-state index is 12.9. The van der Waals surface area contributed by atoms with E-state index >= 15 is 0 Å². The van der Waals surface area contributed by atoms with Crippen LogP contribution in [0.15, 0.2) is 12.7 Å². The quantitative estimate of drug-likeness (QED) is 0.334. The first-order chi connectivity index (χ1) is 13.3. The van der Waals surface area contributed by atoms with E-state index in [-0.39, 0.29) is 17.0 Å². The number of Topliss-reactive ketones (excluding diaryl/α,β-unsaturated/α-hetero) is 3. The van der Waals surface area contributed by atoms with E-state index in [9.17, 15) is 29.7 Å². The molecule has 0 amide bonds. The molecule has 13 nitrogen and oxygen atoms in total. The van der Waals surface area contributed by atoms with E-state index in [2.05, 4.69) is 15.0 Å². The molecule has 0 saturated carbocycles. The SMILES string of the molecule is CC(=O)[C@@]1(O)[C@@](O)(C(C)=O)[C@@](N)(CO)O[C@@]1(C(C)=O)n1cnc2c(N)ncnc21. The third-order valence-electron chi connectivity index (χ3n) is 5.39. The van der Waals surface area contributed by atoms with Crippen molar-refractivity contribution in [2.24, 2.45) is 5.73 Å². The molecule has 0 aromatic carbocycles. The summed E-state index contributed by atoms with van der Waals surface area (Å²) in [7, 11) is 0. The van der Waals surface area contributed by atoms with Gasteiger partial charge in [-0.05, 0) is 20.8 Å². The third-order valence-corrected chi connectivity index (χ3v) is 5.39. The van der Waals surface area contributed by atoms with Crippen LogP contribution in [-0.4, -0.2) is 75.7 Å². The molecular weight excluding hydrogens is 388 g/mol. The van der Waals surface area contributed by atoms with Gasteiger partial charge in [0.1, 0.15) is 18.2 Å². The zero-order chi connectivity index (χ0) is 22.0. The molecule has 1 fully saturated rings. The highest BCUT2D eigenvalue weighted by Crippen LogP contribution is 2.55. The number of ketones is 3. The summed E-state index contributed by atoms with van der Waals surface area (Å²) < 4.78 is 6.39. The molecule has 0 aliphatic carbocycles. The summed E-state index contributed by atoms with van der Waals surface area (Å²) in [6.07, 6.45) is 2.00. The Morgan fingerprint density at radius 3 is 2.14 bits per heavy atom. The van der Waals surface area contributed by atoms with Gasteiger partial charge in [0.05, 0.1) is 6.61 Å². The predicted octanol–water partition coefficient (Wildman–Crippen LogP) is -3.03. The van der Waals surface area contributed by atoms with E-state index in [4.69, 9.17) is 16.2 Å². The lowest BCUT2D eigenvalue weighted by molar-refractivity contribution is -0.209. The number of hydrogen-bond donors (Lipinski definition) is 5. The topological polar surface area (TPSA) is 217 Å². The maximum Gasteiger partial charge on any atom is 0.249 e. The van der Waals surface area contributed by atoms with Crippen LogP contribution in [0.5, 0.6) is 0 Å². The van der Waals surface area contributed by atoms with Gasteiger partial charge >= 0.3 is 0 Å². The van der Waals surface area contributed by atoms with Crippen LogP contribution < -0.4 is 11.5 Å². The predicted molar refractivity (Wildman–Crippen MR) is 94.7 cm³/mol. The van der Waals surface area contributed by atoms with Gasteiger partial charge in [0.2, 0.25) is 16.9 Å². The van der Waals surface area contributed by atoms with Crippen LogP contribution in [0.4, 0.5) is 5.82 Å². The highest BCUT2D eigenvalue weighted by molar-refractivity contribution is 6.05. The Morgan fingerprint density at radius 2 is 1.66 bits per heavy atom. The molecular formula is C16H20N6O7. The van der Waals surface area contributed by atoms with Gasteiger partial charge in [0.25, 0.3) is 0 Å². The molecule has 4 atom stereocenters. The molecule has 13 heteroatoms. The lowest BCUT2D eigenvalue weighted by atomic mass is 9.67. The van der Waals surface area contributed by atoms with Crippen molar-refractivity contribution in [1.82, 2.24) is 19.5 Å². The summed E-state index contributed by atoms with van der Waals surface area (Å²) in [6, 6.07) is 0. The Hall–Kier alpha value is -2.84. The number of nitrogens with two attached hydrogens (primary N) is 2. The van der Waals surface area contributed by atoms with Gasteiger partial charge in [-0.3, -0.25) is 24.7 Å². The number of nitrogen functional groups attached to an aromatic ring is 1. The minimum absolute atomic E-state index is 0.00693. The van der Waals surface area contributed by atoms with Crippen LogP contribution in [0.25, 0.3) is 11.2 Å². The van der Waals surface area contributed by atoms with Gasteiger partial charge in [-0.1, -0.05) is 0 Å². The first-order valence-corrected chi connectivity index (χ1v) is 8.37. The van der Waals surface area contributed by atoms with E-state index in [0.29, 0.717) is 0 Å². The molecule has 0 unspecified atom stereocenters. The molecule has 0 radical (unpaired) electrons. The summed E-state index contributed by atoms with van der Waals surface area (Å²) in [6.45, 7) is 1.38. The van der Waals surface area contributed by atoms with Crippen LogP contribution in [0.2, 0.25) is 0 Å². The first kappa shape index (κ1) is 20.9. The van der Waals surface area contributed by atoms with Gasteiger partial charge < -0.3 is 25.8 Å². The van der Waals surface area contributed by atoms with E-state index in [1.54, 1.807) is 0 Å². The summed E-state index contributed by atoms with van der Waals surface area (Å²) in [5, 5.41) is 32.6. The third kappa shape index (κ3) is 2.10. The molecule has 156 valence electrons. The van der Waals surface area contributed by atoms with Crippen LogP contribution in [0, 0.1) is 0 Å². The van der Waals surface area contributed by atoms with Gasteiger partial charge in [-0.25, -0.2) is 15.0 Å². The smallest absolute Gasteiger partial charge is 0.249 e. The minimum atomic E-state index is -3.26. The highest BCUT2D eigenvalue weighted by Gasteiger charge is 2.85. The number of fused-ring (bicyclic) bond motifs is 1. The number of anilines is 1. The van der Waals surface area contributed by atoms with Crippen molar-refractivity contribution in [3.63, 3.8) is 0 Å². The number of carbonyl (C=O) groups excluding carboxylic acids is 3. The number of imidazole rings is 1. The van der Waals surface area contributed by atoms with Gasteiger partial charge in [-0.15, -0.1) is 0 Å². The van der Waals surface area contributed by atoms with Gasteiger partial charge in [0, 0.05) is 0 Å². The number of hydrogen-bond acceptors (Lipinski definition) is 12. The summed E-state index contributed by atoms with van der Waals surface area (Å²) in [5.41, 5.74) is -0.485. The molecule has 7 N–H and O–H groups in total. The molecule has 2 aromatic heterocycles. The van der Waals surface area contributed by atoms with Crippen molar-refractivity contribution in [3.05, 3.63) is 12.7 Å². The second-order valence-electron chi connectivity index (χ2n) is 6.93. The van der Waals surface area contributed by atoms with Gasteiger partial charge in [-0.2, -0.15) is 0 Å². The fraction of sp³-hybridized carbons (Fsp3) is 0.500. The lowest BCUT2D eigenvalue weighted by Gasteiger charge is -2.42. The summed E-state index contributed by atoms with van der Waals surface area (Å²) in [4.78, 5) is 49.7. The highest BCUT2D eigenvalue weighted by atomic mass is 16.6. The van der Waals surface area contributed by atoms with E-state index in [1.165, 1.54) is 0 Å². The minimum Gasteiger partial charge on any atom is -0.392 e. The average Bonchev–Trinajstić information content (AvgIpc) is 3.15. The Morgan fingerprint density at radius 1 is 1.07 bits per heavy atom. The Labute approximate surface area is 163 Å². The molecule has 1 saturated heterocycles. The van der Waals surface area contributed by atoms with Crippen LogP contribution >= 0.6 is 0 Å². The zero-order valence-corrected chi connectivity index (χ0v) is 15.8. The molecule has 0 bridgehead atoms. The number of ether oxygens (including phenoxy) is 1. The maximum absolute atomic E-state index is 12.9. The number of aliphatic hydroxyl groups is 3. The number of carbonyl (C=O) groups is 3. The van der Waals surface area contributed by atoms with Crippen LogP contribution in [-0.2, 0) is 24.8 Å². The first-order valence-electron chi connectivity index (χ1n) is 8.37. The van der Waals surface area contributed by atoms with Crippen LogP contribution in [0.3, 0.4) is 0 Å². The molecule has 29 heavy (non-hydrogen) atoms. The van der Waals surface area contributed by atoms with Crippen LogP contribution in [0.1, 0.15) is 20.8 Å². The summed E-state index contributed by atoms with van der Waals surface area (Å²) >= 11 is 0. The van der Waals surface area contributed by atoms with E-state index in [1.807, 2.05) is 0 Å². The molecule has 3 rings (SSSR count). The van der Waals surface area contributed by atoms with Crippen molar-refractivity contribution >= 4 is 34.3 Å². The second-order valence-corrected chi connectivity index (χ2v) is 6.93. The Bertz CT molecular complexity index is 1060. The molecule has 1 aliphatic heterocycles. The van der Waals surface area contributed by atoms with Crippen molar-refractivity contribution in [3.8, 4) is 0 Å². The lowest BCUT2D eigenvalue weighted by Crippen LogP contribution is -2.76. The molecule has 0 spiro atoms. The molecule has 2 aromatic rings. The average molecular weight is 408 g/mol. The molecule has 1 aliphatic rings. The van der Waals surface area contributed by atoms with Crippen molar-refractivity contribution in [2.75, 3.05) is 12.3 Å². The number of rotatable bonds is 5. The largest absolute Gasteiger partial charge is 0.392 e. The Kier molecular flexibility index (Phi) is 4.38. The monoisotopic (exact) mass is 408 g/mol. The van der Waals surface area contributed by atoms with Crippen molar-refractivity contribution in [1.29, 1.82) is 0 Å². The number of nitrogens with zero attached hydrogens (tertiary/aromatic N) is 4. The standard InChI is InChI=1S/C16H20N6O7/c1-7(24)14(27)13(18,4-23)29-16(9(3)26,15(14,28)8(2)25)22-6-21-10-11(17)19-5-20-12(10)22/h5-6,23,27-28H,4,18H2,1-3H3,(H2,17,19,20)/t13-,14-,15-,16-/m1/s1. The zero-order valence-electron chi connectivity index (χ0n) is 15.8. The van der Waals surface area contributed by atoms with Crippen molar-refractivity contribution < 1.29 is 34.4 Å². The second kappa shape index (κ2) is 6.08. The fourth-order valence-electron chi connectivity index (χ4n) is 3.96. The van der Waals surface area contributed by atoms with E-state index in [0.717, 1.165) is 38.0 Å². The number of aromatic nitrogens is 4. The fourth-order valence-corrected chi connectivity index (χ4v) is 3.96.